The molecule has 2 aromatic rings. The van der Waals surface area contributed by atoms with Gasteiger partial charge in [0.15, 0.2) is 0 Å². The van der Waals surface area contributed by atoms with Crippen LogP contribution in [0.3, 0.4) is 0 Å². The molecule has 0 amide bonds. The number of nitrogen functional groups attached to an aromatic ring is 1. The van der Waals surface area contributed by atoms with E-state index in [4.69, 9.17) is 5.73 Å². The van der Waals surface area contributed by atoms with Crippen molar-refractivity contribution in [2.24, 2.45) is 0 Å². The van der Waals surface area contributed by atoms with Gasteiger partial charge in [0.1, 0.15) is 10.8 Å². The molecular weight excluding hydrogens is 226 g/mol. The zero-order valence-corrected chi connectivity index (χ0v) is 10.4. The molecule has 0 aliphatic carbocycles. The molecule has 0 fully saturated rings. The van der Waals surface area contributed by atoms with Crippen molar-refractivity contribution in [1.29, 1.82) is 0 Å². The second kappa shape index (κ2) is 4.20. The van der Waals surface area contributed by atoms with Crippen LogP contribution in [0.1, 0.15) is 11.1 Å². The number of rotatable bonds is 3. The molecule has 2 N–H and O–H groups in total. The molecule has 0 aliphatic rings. The summed E-state index contributed by atoms with van der Waals surface area (Å²) in [5, 5.41) is 5.41. The molecule has 2 aromatic heterocycles. The Hall–Kier alpha value is -1.07. The van der Waals surface area contributed by atoms with E-state index in [0.29, 0.717) is 5.82 Å². The standard InChI is InChI=1S/C10H13N3S2/c1-7-9(11)12-15-10(7)13(2)5-8-3-4-14-6-8/h3-4,6H,5H2,1-2H3,(H2,11,12). The van der Waals surface area contributed by atoms with E-state index in [1.54, 1.807) is 11.3 Å². The normalized spacial score (nSPS) is 10.5. The lowest BCUT2D eigenvalue weighted by Gasteiger charge is -2.16. The Balaban J connectivity index is 2.14. The molecule has 0 aromatic carbocycles. The van der Waals surface area contributed by atoms with Crippen LogP contribution >= 0.6 is 22.9 Å². The SMILES string of the molecule is Cc1c(N)nsc1N(C)Cc1ccsc1. The van der Waals surface area contributed by atoms with Crippen LogP contribution < -0.4 is 10.6 Å². The summed E-state index contributed by atoms with van der Waals surface area (Å²) in [5.74, 6) is 0.646. The van der Waals surface area contributed by atoms with Crippen molar-refractivity contribution in [2.45, 2.75) is 13.5 Å². The van der Waals surface area contributed by atoms with Gasteiger partial charge in [0.2, 0.25) is 0 Å². The van der Waals surface area contributed by atoms with Crippen molar-refractivity contribution in [3.8, 4) is 0 Å². The molecule has 5 heteroatoms. The van der Waals surface area contributed by atoms with Gasteiger partial charge in [-0.2, -0.15) is 15.7 Å². The first-order valence-corrected chi connectivity index (χ1v) is 6.34. The number of nitrogens with zero attached hydrogens (tertiary/aromatic N) is 2. The van der Waals surface area contributed by atoms with E-state index in [0.717, 1.165) is 17.1 Å². The molecule has 0 aliphatic heterocycles. The van der Waals surface area contributed by atoms with Gasteiger partial charge in [-0.1, -0.05) is 0 Å². The Bertz CT molecular complexity index is 433. The highest BCUT2D eigenvalue weighted by Gasteiger charge is 2.11. The van der Waals surface area contributed by atoms with Gasteiger partial charge in [-0.3, -0.25) is 0 Å². The highest BCUT2D eigenvalue weighted by atomic mass is 32.1. The largest absolute Gasteiger partial charge is 0.383 e. The first-order valence-electron chi connectivity index (χ1n) is 4.62. The number of hydrogen-bond acceptors (Lipinski definition) is 5. The quantitative estimate of drug-likeness (QED) is 0.895. The van der Waals surface area contributed by atoms with Crippen molar-refractivity contribution in [3.63, 3.8) is 0 Å². The van der Waals surface area contributed by atoms with Gasteiger partial charge in [-0.15, -0.1) is 0 Å². The number of hydrogen-bond donors (Lipinski definition) is 1. The maximum Gasteiger partial charge on any atom is 0.142 e. The maximum atomic E-state index is 5.73. The molecule has 0 spiro atoms. The van der Waals surface area contributed by atoms with E-state index >= 15 is 0 Å². The molecule has 3 nitrogen and oxygen atoms in total. The van der Waals surface area contributed by atoms with Crippen molar-refractivity contribution in [1.82, 2.24) is 4.37 Å². The number of anilines is 2. The fourth-order valence-corrected chi connectivity index (χ4v) is 2.85. The lowest BCUT2D eigenvalue weighted by molar-refractivity contribution is 0.935. The van der Waals surface area contributed by atoms with Gasteiger partial charge < -0.3 is 10.6 Å². The average molecular weight is 239 g/mol. The monoisotopic (exact) mass is 239 g/mol. The Kier molecular flexibility index (Phi) is 2.93. The zero-order valence-electron chi connectivity index (χ0n) is 8.73. The zero-order chi connectivity index (χ0) is 10.8. The van der Waals surface area contributed by atoms with E-state index in [2.05, 4.69) is 33.1 Å². The summed E-state index contributed by atoms with van der Waals surface area (Å²) in [6, 6.07) is 2.14. The minimum atomic E-state index is 0.646. The predicted molar refractivity (Wildman–Crippen MR) is 67.7 cm³/mol. The second-order valence-corrected chi connectivity index (χ2v) is 5.02. The summed E-state index contributed by atoms with van der Waals surface area (Å²) >= 11 is 3.18. The van der Waals surface area contributed by atoms with Gasteiger partial charge in [-0.25, -0.2) is 0 Å². The molecule has 0 unspecified atom stereocenters. The van der Waals surface area contributed by atoms with Gasteiger partial charge in [0.25, 0.3) is 0 Å². The topological polar surface area (TPSA) is 42.1 Å². The fraction of sp³-hybridized carbons (Fsp3) is 0.300. The molecule has 0 saturated heterocycles. The second-order valence-electron chi connectivity index (χ2n) is 3.49. The smallest absolute Gasteiger partial charge is 0.142 e. The van der Waals surface area contributed by atoms with Crippen molar-refractivity contribution >= 4 is 33.7 Å². The fourth-order valence-electron chi connectivity index (χ4n) is 1.42. The highest BCUT2D eigenvalue weighted by Crippen LogP contribution is 2.29. The Morgan fingerprint density at radius 3 is 2.87 bits per heavy atom. The van der Waals surface area contributed by atoms with Crippen LogP contribution in [0.15, 0.2) is 16.8 Å². The van der Waals surface area contributed by atoms with E-state index in [9.17, 15) is 0 Å². The lowest BCUT2D eigenvalue weighted by atomic mass is 10.3. The summed E-state index contributed by atoms with van der Waals surface area (Å²) < 4.78 is 4.15. The molecule has 0 bridgehead atoms. The van der Waals surface area contributed by atoms with Gasteiger partial charge in [0.05, 0.1) is 0 Å². The lowest BCUT2D eigenvalue weighted by Crippen LogP contribution is -2.15. The van der Waals surface area contributed by atoms with Gasteiger partial charge in [0, 0.05) is 19.2 Å². The molecular formula is C10H13N3S2. The van der Waals surface area contributed by atoms with Gasteiger partial charge >= 0.3 is 0 Å². The highest BCUT2D eigenvalue weighted by molar-refractivity contribution is 7.10. The van der Waals surface area contributed by atoms with Crippen LogP contribution in [-0.2, 0) is 6.54 Å². The first-order chi connectivity index (χ1) is 7.18. The average Bonchev–Trinajstić information content (AvgIpc) is 2.79. The Morgan fingerprint density at radius 2 is 2.33 bits per heavy atom. The summed E-state index contributed by atoms with van der Waals surface area (Å²) in [7, 11) is 2.07. The molecule has 2 heterocycles. The molecule has 15 heavy (non-hydrogen) atoms. The third-order valence-corrected chi connectivity index (χ3v) is 4.09. The van der Waals surface area contributed by atoms with Crippen LogP contribution in [-0.4, -0.2) is 11.4 Å². The van der Waals surface area contributed by atoms with E-state index in [1.165, 1.54) is 17.1 Å². The molecule has 0 saturated carbocycles. The summed E-state index contributed by atoms with van der Waals surface area (Å²) in [6.07, 6.45) is 0. The Morgan fingerprint density at radius 1 is 1.53 bits per heavy atom. The molecule has 0 atom stereocenters. The van der Waals surface area contributed by atoms with E-state index in [1.807, 2.05) is 6.92 Å². The molecule has 0 radical (unpaired) electrons. The first kappa shape index (κ1) is 10.4. The summed E-state index contributed by atoms with van der Waals surface area (Å²) in [6.45, 7) is 2.92. The van der Waals surface area contributed by atoms with Crippen LogP contribution in [0.25, 0.3) is 0 Å². The minimum absolute atomic E-state index is 0.646. The van der Waals surface area contributed by atoms with Crippen LogP contribution in [0, 0.1) is 6.92 Å². The van der Waals surface area contributed by atoms with E-state index in [-0.39, 0.29) is 0 Å². The minimum Gasteiger partial charge on any atom is -0.383 e. The van der Waals surface area contributed by atoms with E-state index < -0.39 is 0 Å². The van der Waals surface area contributed by atoms with Gasteiger partial charge in [-0.05, 0) is 40.8 Å². The summed E-state index contributed by atoms with van der Waals surface area (Å²) in [4.78, 5) is 2.19. The number of aromatic nitrogens is 1. The van der Waals surface area contributed by atoms with Crippen molar-refractivity contribution in [3.05, 3.63) is 28.0 Å². The van der Waals surface area contributed by atoms with Crippen LogP contribution in [0.5, 0.6) is 0 Å². The molecule has 2 rings (SSSR count). The predicted octanol–water partition coefficient (Wildman–Crippen LogP) is 2.73. The molecule has 80 valence electrons. The maximum absolute atomic E-state index is 5.73. The van der Waals surface area contributed by atoms with Crippen molar-refractivity contribution < 1.29 is 0 Å². The van der Waals surface area contributed by atoms with Crippen LogP contribution in [0.4, 0.5) is 10.8 Å². The third-order valence-electron chi connectivity index (χ3n) is 2.28. The van der Waals surface area contributed by atoms with Crippen molar-refractivity contribution in [2.75, 3.05) is 17.7 Å². The summed E-state index contributed by atoms with van der Waals surface area (Å²) in [5.41, 5.74) is 8.14. The number of nitrogens with two attached hydrogens (primary N) is 1. The number of thiophene rings is 1. The van der Waals surface area contributed by atoms with Crippen LogP contribution in [0.2, 0.25) is 0 Å². The third kappa shape index (κ3) is 2.13. The Labute approximate surface area is 97.3 Å².